The maximum absolute atomic E-state index is 4.41. The number of aliphatic imine (C=N–C) groups is 1. The van der Waals surface area contributed by atoms with Crippen LogP contribution in [0.15, 0.2) is 16.6 Å². The smallest absolute Gasteiger partial charge is 0.0534 e. The molecule has 1 unspecified atom stereocenters. The molecule has 1 nitrogen and oxygen atoms in total. The first kappa shape index (κ1) is 7.52. The lowest BCUT2D eigenvalue weighted by molar-refractivity contribution is 0.609. The van der Waals surface area contributed by atoms with Crippen molar-refractivity contribution in [1.29, 1.82) is 0 Å². The normalized spacial score (nSPS) is 24.6. The van der Waals surface area contributed by atoms with Crippen molar-refractivity contribution in [2.24, 2.45) is 4.99 Å². The molecule has 56 valence electrons. The molecule has 0 aliphatic carbocycles. The zero-order valence-corrected chi connectivity index (χ0v) is 6.80. The van der Waals surface area contributed by atoms with Crippen LogP contribution in [0.4, 0.5) is 0 Å². The van der Waals surface area contributed by atoms with E-state index in [9.17, 15) is 0 Å². The molecule has 0 spiro atoms. The Hall–Kier alpha value is -0.590. The van der Waals surface area contributed by atoms with Crippen molar-refractivity contribution < 1.29 is 0 Å². The zero-order chi connectivity index (χ0) is 7.40. The Morgan fingerprint density at radius 3 is 3.00 bits per heavy atom. The highest BCUT2D eigenvalue weighted by Gasteiger charge is 2.05. The maximum Gasteiger partial charge on any atom is 0.0534 e. The summed E-state index contributed by atoms with van der Waals surface area (Å²) in [4.78, 5) is 4.41. The molecule has 0 saturated heterocycles. The fraction of sp³-hybridized carbons (Fsp3) is 0.667. The molecule has 0 amide bonds. The highest BCUT2D eigenvalue weighted by atomic mass is 14.8. The van der Waals surface area contributed by atoms with Crippen LogP contribution in [0.5, 0.6) is 0 Å². The van der Waals surface area contributed by atoms with Gasteiger partial charge in [-0.25, -0.2) is 0 Å². The van der Waals surface area contributed by atoms with E-state index in [4.69, 9.17) is 0 Å². The lowest BCUT2D eigenvalue weighted by Crippen LogP contribution is -2.06. The predicted molar refractivity (Wildman–Crippen MR) is 45.6 cm³/mol. The van der Waals surface area contributed by atoms with Gasteiger partial charge in [-0.3, -0.25) is 4.99 Å². The van der Waals surface area contributed by atoms with Gasteiger partial charge in [0.05, 0.1) is 6.04 Å². The second-order valence-corrected chi connectivity index (χ2v) is 2.90. The standard InChI is InChI=1S/C9H15N/c1-3-4-9-6-5-8(2)7-10-9/h5,7,9H,3-4,6H2,1-2H3. The number of allylic oxidation sites excluding steroid dienone is 1. The summed E-state index contributed by atoms with van der Waals surface area (Å²) in [6.45, 7) is 4.31. The largest absolute Gasteiger partial charge is 0.289 e. The summed E-state index contributed by atoms with van der Waals surface area (Å²) in [6.07, 6.45) is 7.89. The van der Waals surface area contributed by atoms with E-state index in [1.165, 1.54) is 18.4 Å². The average molecular weight is 137 g/mol. The van der Waals surface area contributed by atoms with Gasteiger partial charge in [-0.15, -0.1) is 0 Å². The van der Waals surface area contributed by atoms with Gasteiger partial charge in [0.1, 0.15) is 0 Å². The molecule has 10 heavy (non-hydrogen) atoms. The Bertz CT molecular complexity index is 156. The molecule has 1 heteroatoms. The van der Waals surface area contributed by atoms with Crippen LogP contribution in [0, 0.1) is 0 Å². The van der Waals surface area contributed by atoms with Crippen molar-refractivity contribution in [2.45, 2.75) is 39.2 Å². The molecule has 0 fully saturated rings. The summed E-state index contributed by atoms with van der Waals surface area (Å²) in [5.41, 5.74) is 1.31. The van der Waals surface area contributed by atoms with Crippen LogP contribution in [-0.2, 0) is 0 Å². The van der Waals surface area contributed by atoms with Gasteiger partial charge in [-0.2, -0.15) is 0 Å². The average Bonchev–Trinajstić information content (AvgIpc) is 1.95. The quantitative estimate of drug-likeness (QED) is 0.554. The van der Waals surface area contributed by atoms with Crippen LogP contribution >= 0.6 is 0 Å². The van der Waals surface area contributed by atoms with Crippen LogP contribution in [0.25, 0.3) is 0 Å². The van der Waals surface area contributed by atoms with Gasteiger partial charge in [-0.1, -0.05) is 19.4 Å². The lowest BCUT2D eigenvalue weighted by Gasteiger charge is -2.12. The summed E-state index contributed by atoms with van der Waals surface area (Å²) >= 11 is 0. The second kappa shape index (κ2) is 3.55. The topological polar surface area (TPSA) is 12.4 Å². The molecule has 0 aromatic rings. The summed E-state index contributed by atoms with van der Waals surface area (Å²) < 4.78 is 0. The molecular weight excluding hydrogens is 122 g/mol. The molecule has 0 radical (unpaired) electrons. The van der Waals surface area contributed by atoms with Crippen LogP contribution in [0.1, 0.15) is 33.1 Å². The Morgan fingerprint density at radius 2 is 2.50 bits per heavy atom. The Labute approximate surface area is 62.9 Å². The van der Waals surface area contributed by atoms with Gasteiger partial charge < -0.3 is 0 Å². The van der Waals surface area contributed by atoms with Crippen molar-refractivity contribution in [3.8, 4) is 0 Å². The Kier molecular flexibility index (Phi) is 2.67. The van der Waals surface area contributed by atoms with Gasteiger partial charge in [0.15, 0.2) is 0 Å². The third kappa shape index (κ3) is 1.98. The van der Waals surface area contributed by atoms with E-state index in [0.717, 1.165) is 6.42 Å². The fourth-order valence-corrected chi connectivity index (χ4v) is 1.18. The van der Waals surface area contributed by atoms with Crippen molar-refractivity contribution in [2.75, 3.05) is 0 Å². The summed E-state index contributed by atoms with van der Waals surface area (Å²) in [6, 6.07) is 0.577. The van der Waals surface area contributed by atoms with Crippen LogP contribution in [-0.4, -0.2) is 12.3 Å². The number of dihydropyridines is 1. The SMILES string of the molecule is CCCC1CC=C(C)C=N1. The van der Waals surface area contributed by atoms with Crippen molar-refractivity contribution >= 4 is 6.21 Å². The molecule has 1 atom stereocenters. The number of hydrogen-bond acceptors (Lipinski definition) is 1. The number of rotatable bonds is 2. The molecule has 1 rings (SSSR count). The fourth-order valence-electron chi connectivity index (χ4n) is 1.18. The van der Waals surface area contributed by atoms with Gasteiger partial charge in [0, 0.05) is 6.21 Å². The van der Waals surface area contributed by atoms with Crippen molar-refractivity contribution in [3.63, 3.8) is 0 Å². The first-order chi connectivity index (χ1) is 4.83. The molecule has 1 aliphatic rings. The highest BCUT2D eigenvalue weighted by molar-refractivity contribution is 5.78. The van der Waals surface area contributed by atoms with E-state index >= 15 is 0 Å². The Balaban J connectivity index is 2.37. The van der Waals surface area contributed by atoms with Crippen LogP contribution in [0.2, 0.25) is 0 Å². The summed E-state index contributed by atoms with van der Waals surface area (Å²) in [7, 11) is 0. The molecule has 0 aromatic carbocycles. The minimum atomic E-state index is 0.577. The molecular formula is C9H15N. The van der Waals surface area contributed by atoms with Gasteiger partial charge >= 0.3 is 0 Å². The Morgan fingerprint density at radius 1 is 1.70 bits per heavy atom. The monoisotopic (exact) mass is 137 g/mol. The van der Waals surface area contributed by atoms with Gasteiger partial charge in [0.25, 0.3) is 0 Å². The van der Waals surface area contributed by atoms with Gasteiger partial charge in [0.2, 0.25) is 0 Å². The first-order valence-corrected chi connectivity index (χ1v) is 4.03. The first-order valence-electron chi connectivity index (χ1n) is 4.03. The molecule has 0 saturated carbocycles. The van der Waals surface area contributed by atoms with E-state index < -0.39 is 0 Å². The molecule has 0 bridgehead atoms. The van der Waals surface area contributed by atoms with Crippen molar-refractivity contribution in [3.05, 3.63) is 11.6 Å². The molecule has 0 N–H and O–H groups in total. The third-order valence-electron chi connectivity index (χ3n) is 1.82. The van der Waals surface area contributed by atoms with E-state index in [2.05, 4.69) is 24.9 Å². The molecule has 0 aromatic heterocycles. The van der Waals surface area contributed by atoms with E-state index in [1.54, 1.807) is 0 Å². The lowest BCUT2D eigenvalue weighted by atomic mass is 10.1. The van der Waals surface area contributed by atoms with E-state index in [1.807, 2.05) is 6.21 Å². The zero-order valence-electron chi connectivity index (χ0n) is 6.80. The highest BCUT2D eigenvalue weighted by Crippen LogP contribution is 2.12. The van der Waals surface area contributed by atoms with E-state index in [-0.39, 0.29) is 0 Å². The maximum atomic E-state index is 4.41. The minimum absolute atomic E-state index is 0.577. The van der Waals surface area contributed by atoms with Crippen LogP contribution < -0.4 is 0 Å². The van der Waals surface area contributed by atoms with Crippen molar-refractivity contribution in [1.82, 2.24) is 0 Å². The molecule has 1 heterocycles. The van der Waals surface area contributed by atoms with E-state index in [0.29, 0.717) is 6.04 Å². The summed E-state index contributed by atoms with van der Waals surface area (Å²) in [5.74, 6) is 0. The summed E-state index contributed by atoms with van der Waals surface area (Å²) in [5, 5.41) is 0. The van der Waals surface area contributed by atoms with Gasteiger partial charge in [-0.05, 0) is 25.3 Å². The number of nitrogens with zero attached hydrogens (tertiary/aromatic N) is 1. The predicted octanol–water partition coefficient (Wildman–Crippen LogP) is 2.58. The minimum Gasteiger partial charge on any atom is -0.289 e. The third-order valence-corrected chi connectivity index (χ3v) is 1.82. The molecule has 1 aliphatic heterocycles. The number of hydrogen-bond donors (Lipinski definition) is 0. The second-order valence-electron chi connectivity index (χ2n) is 2.90. The van der Waals surface area contributed by atoms with Crippen LogP contribution in [0.3, 0.4) is 0 Å².